The SMILES string of the molecule is COc1ccc2c(c1)c1ccncc1n2Cc1ccc(Cl)c(Cl)c1. The first-order valence-electron chi connectivity index (χ1n) is 7.51. The van der Waals surface area contributed by atoms with E-state index in [9.17, 15) is 0 Å². The van der Waals surface area contributed by atoms with Crippen LogP contribution in [0.3, 0.4) is 0 Å². The number of hydrogen-bond donors (Lipinski definition) is 0. The van der Waals surface area contributed by atoms with Crippen molar-refractivity contribution >= 4 is 45.0 Å². The monoisotopic (exact) mass is 356 g/mol. The maximum absolute atomic E-state index is 6.16. The minimum absolute atomic E-state index is 0.564. The highest BCUT2D eigenvalue weighted by molar-refractivity contribution is 6.42. The fourth-order valence-corrected chi connectivity index (χ4v) is 3.36. The van der Waals surface area contributed by atoms with Crippen molar-refractivity contribution < 1.29 is 4.74 Å². The highest BCUT2D eigenvalue weighted by Gasteiger charge is 2.12. The third-order valence-electron chi connectivity index (χ3n) is 4.20. The van der Waals surface area contributed by atoms with Crippen LogP contribution in [0.2, 0.25) is 10.0 Å². The lowest BCUT2D eigenvalue weighted by Crippen LogP contribution is -1.99. The molecule has 0 bridgehead atoms. The average molecular weight is 357 g/mol. The zero-order valence-corrected chi connectivity index (χ0v) is 14.5. The molecular formula is C19H14Cl2N2O. The molecule has 2 heterocycles. The zero-order chi connectivity index (χ0) is 16.7. The molecule has 0 aliphatic carbocycles. The van der Waals surface area contributed by atoms with Gasteiger partial charge < -0.3 is 9.30 Å². The average Bonchev–Trinajstić information content (AvgIpc) is 2.92. The second kappa shape index (κ2) is 6.00. The lowest BCUT2D eigenvalue weighted by Gasteiger charge is -2.09. The van der Waals surface area contributed by atoms with E-state index in [4.69, 9.17) is 27.9 Å². The maximum atomic E-state index is 6.16. The predicted octanol–water partition coefficient (Wildman–Crippen LogP) is 5.55. The van der Waals surface area contributed by atoms with E-state index < -0.39 is 0 Å². The Hall–Kier alpha value is -2.23. The summed E-state index contributed by atoms with van der Waals surface area (Å²) in [6.45, 7) is 0.689. The highest BCUT2D eigenvalue weighted by atomic mass is 35.5. The van der Waals surface area contributed by atoms with Crippen molar-refractivity contribution in [3.05, 3.63) is 70.5 Å². The molecule has 0 saturated heterocycles. The second-order valence-electron chi connectivity index (χ2n) is 5.61. The summed E-state index contributed by atoms with van der Waals surface area (Å²) in [4.78, 5) is 4.29. The molecule has 0 fully saturated rings. The van der Waals surface area contributed by atoms with Gasteiger partial charge in [0.25, 0.3) is 0 Å². The molecule has 0 saturated carbocycles. The number of benzene rings is 2. The zero-order valence-electron chi connectivity index (χ0n) is 13.0. The van der Waals surface area contributed by atoms with Gasteiger partial charge in [-0.2, -0.15) is 0 Å². The van der Waals surface area contributed by atoms with Crippen LogP contribution in [-0.4, -0.2) is 16.7 Å². The molecule has 0 spiro atoms. The maximum Gasteiger partial charge on any atom is 0.119 e. The number of rotatable bonds is 3. The number of ether oxygens (including phenoxy) is 1. The van der Waals surface area contributed by atoms with Crippen molar-refractivity contribution in [3.8, 4) is 5.75 Å². The molecule has 0 aliphatic rings. The third kappa shape index (κ3) is 2.50. The summed E-state index contributed by atoms with van der Waals surface area (Å²) in [6, 6.07) is 13.9. The quantitative estimate of drug-likeness (QED) is 0.480. The molecule has 0 radical (unpaired) electrons. The second-order valence-corrected chi connectivity index (χ2v) is 6.42. The van der Waals surface area contributed by atoms with Gasteiger partial charge >= 0.3 is 0 Å². The van der Waals surface area contributed by atoms with Crippen LogP contribution in [0.25, 0.3) is 21.8 Å². The molecular weight excluding hydrogens is 343 g/mol. The molecule has 2 aromatic heterocycles. The smallest absolute Gasteiger partial charge is 0.119 e. The Morgan fingerprint density at radius 3 is 2.62 bits per heavy atom. The van der Waals surface area contributed by atoms with E-state index in [1.807, 2.05) is 42.7 Å². The van der Waals surface area contributed by atoms with Crippen LogP contribution in [0.4, 0.5) is 0 Å². The number of aromatic nitrogens is 2. The molecule has 120 valence electrons. The van der Waals surface area contributed by atoms with Gasteiger partial charge in [0.15, 0.2) is 0 Å². The van der Waals surface area contributed by atoms with E-state index in [0.29, 0.717) is 16.6 Å². The minimum atomic E-state index is 0.564. The largest absolute Gasteiger partial charge is 0.497 e. The van der Waals surface area contributed by atoms with Crippen molar-refractivity contribution in [2.24, 2.45) is 0 Å². The van der Waals surface area contributed by atoms with Crippen LogP contribution < -0.4 is 4.74 Å². The molecule has 4 rings (SSSR count). The van der Waals surface area contributed by atoms with Crippen molar-refractivity contribution in [2.75, 3.05) is 7.11 Å². The fourth-order valence-electron chi connectivity index (χ4n) is 3.04. The molecule has 24 heavy (non-hydrogen) atoms. The number of nitrogens with zero attached hydrogens (tertiary/aromatic N) is 2. The van der Waals surface area contributed by atoms with Gasteiger partial charge in [0.1, 0.15) is 5.75 Å². The van der Waals surface area contributed by atoms with Crippen molar-refractivity contribution in [3.63, 3.8) is 0 Å². The van der Waals surface area contributed by atoms with Crippen LogP contribution in [0.15, 0.2) is 54.9 Å². The summed E-state index contributed by atoms with van der Waals surface area (Å²) < 4.78 is 7.60. The predicted molar refractivity (Wildman–Crippen MR) is 99.4 cm³/mol. The van der Waals surface area contributed by atoms with Crippen LogP contribution in [-0.2, 0) is 6.54 Å². The summed E-state index contributed by atoms with van der Waals surface area (Å²) in [6.07, 6.45) is 3.70. The molecule has 0 unspecified atom stereocenters. The van der Waals surface area contributed by atoms with Gasteiger partial charge in [0, 0.05) is 29.0 Å². The van der Waals surface area contributed by atoms with Crippen LogP contribution in [0.1, 0.15) is 5.56 Å². The van der Waals surface area contributed by atoms with Crippen molar-refractivity contribution in [2.45, 2.75) is 6.54 Å². The van der Waals surface area contributed by atoms with E-state index in [1.54, 1.807) is 7.11 Å². The Morgan fingerprint density at radius 2 is 1.83 bits per heavy atom. The summed E-state index contributed by atoms with van der Waals surface area (Å²) in [5, 5.41) is 3.43. The standard InChI is InChI=1S/C19H14Cl2N2O/c1-24-13-3-5-18-15(9-13)14-6-7-22-10-19(14)23(18)11-12-2-4-16(20)17(21)8-12/h2-10H,11H2,1H3. The molecule has 2 aromatic carbocycles. The highest BCUT2D eigenvalue weighted by Crippen LogP contribution is 2.32. The summed E-state index contributed by atoms with van der Waals surface area (Å²) in [7, 11) is 1.68. The van der Waals surface area contributed by atoms with Crippen molar-refractivity contribution in [1.29, 1.82) is 0 Å². The van der Waals surface area contributed by atoms with Crippen LogP contribution >= 0.6 is 23.2 Å². The van der Waals surface area contributed by atoms with E-state index in [0.717, 1.165) is 33.1 Å². The Labute approximate surface area is 149 Å². The summed E-state index contributed by atoms with van der Waals surface area (Å²) in [5.41, 5.74) is 3.29. The first kappa shape index (κ1) is 15.3. The lowest BCUT2D eigenvalue weighted by molar-refractivity contribution is 0.415. The molecule has 0 atom stereocenters. The minimum Gasteiger partial charge on any atom is -0.497 e. The molecule has 4 aromatic rings. The van der Waals surface area contributed by atoms with Gasteiger partial charge in [-0.1, -0.05) is 29.3 Å². The first-order valence-corrected chi connectivity index (χ1v) is 8.27. The van der Waals surface area contributed by atoms with Gasteiger partial charge in [-0.25, -0.2) is 0 Å². The van der Waals surface area contributed by atoms with Crippen LogP contribution in [0.5, 0.6) is 5.75 Å². The van der Waals surface area contributed by atoms with Gasteiger partial charge in [-0.3, -0.25) is 4.98 Å². The Bertz CT molecular complexity index is 1060. The topological polar surface area (TPSA) is 27.1 Å². The molecule has 0 amide bonds. The fraction of sp³-hybridized carbons (Fsp3) is 0.105. The normalized spacial score (nSPS) is 11.3. The summed E-state index contributed by atoms with van der Waals surface area (Å²) in [5.74, 6) is 0.841. The Kier molecular flexibility index (Phi) is 3.83. The van der Waals surface area contributed by atoms with Gasteiger partial charge in [0.2, 0.25) is 0 Å². The summed E-state index contributed by atoms with van der Waals surface area (Å²) >= 11 is 12.2. The van der Waals surface area contributed by atoms with Crippen LogP contribution in [0, 0.1) is 0 Å². The molecule has 0 aliphatic heterocycles. The van der Waals surface area contributed by atoms with Gasteiger partial charge in [-0.05, 0) is 42.0 Å². The number of pyridine rings is 1. The van der Waals surface area contributed by atoms with Crippen molar-refractivity contribution in [1.82, 2.24) is 9.55 Å². The molecule has 3 nitrogen and oxygen atoms in total. The number of halogens is 2. The molecule has 5 heteroatoms. The van der Waals surface area contributed by atoms with E-state index >= 15 is 0 Å². The Balaban J connectivity index is 1.93. The van der Waals surface area contributed by atoms with Gasteiger partial charge in [-0.15, -0.1) is 0 Å². The van der Waals surface area contributed by atoms with E-state index in [2.05, 4.69) is 21.7 Å². The lowest BCUT2D eigenvalue weighted by atomic mass is 10.2. The third-order valence-corrected chi connectivity index (χ3v) is 4.94. The van der Waals surface area contributed by atoms with E-state index in [1.165, 1.54) is 0 Å². The number of methoxy groups -OCH3 is 1. The van der Waals surface area contributed by atoms with Gasteiger partial charge in [0.05, 0.1) is 28.9 Å². The number of hydrogen-bond acceptors (Lipinski definition) is 2. The number of fused-ring (bicyclic) bond motifs is 3. The Morgan fingerprint density at radius 1 is 0.958 bits per heavy atom. The first-order chi connectivity index (χ1) is 11.7. The molecule has 0 N–H and O–H groups in total. The van der Waals surface area contributed by atoms with E-state index in [-0.39, 0.29) is 0 Å².